The molecule has 3 aromatic rings. The Bertz CT molecular complexity index is 888. The average molecular weight is 415 g/mol. The molecule has 0 bridgehead atoms. The number of aromatic nitrogens is 3. The van der Waals surface area contributed by atoms with Crippen molar-refractivity contribution in [2.45, 2.75) is 45.8 Å². The van der Waals surface area contributed by atoms with E-state index in [1.165, 1.54) is 17.0 Å². The molecule has 0 saturated heterocycles. The van der Waals surface area contributed by atoms with Gasteiger partial charge in [0, 0.05) is 24.4 Å². The number of nitrogens with zero attached hydrogens (tertiary/aromatic N) is 4. The number of thiophene rings is 1. The van der Waals surface area contributed by atoms with Crippen LogP contribution in [0, 0.1) is 5.82 Å². The molecule has 0 saturated carbocycles. The summed E-state index contributed by atoms with van der Waals surface area (Å²) in [5, 5.41) is 17.1. The average Bonchev–Trinajstić information content (AvgIpc) is 3.42. The third-order valence-corrected chi connectivity index (χ3v) is 5.58. The highest BCUT2D eigenvalue weighted by Gasteiger charge is 2.12. The molecule has 3 rings (SSSR count). The summed E-state index contributed by atoms with van der Waals surface area (Å²) >= 11 is 1.73. The zero-order valence-electron chi connectivity index (χ0n) is 16.8. The van der Waals surface area contributed by atoms with Crippen LogP contribution in [0.15, 0.2) is 53.1 Å². The molecule has 2 heterocycles. The topological polar surface area (TPSA) is 67.1 Å². The smallest absolute Gasteiger partial charge is 0.192 e. The van der Waals surface area contributed by atoms with Crippen LogP contribution >= 0.6 is 11.3 Å². The minimum absolute atomic E-state index is 0.190. The van der Waals surface area contributed by atoms with E-state index in [1.807, 2.05) is 4.57 Å². The fourth-order valence-corrected chi connectivity index (χ4v) is 3.84. The molecule has 0 aliphatic rings. The predicted molar refractivity (Wildman–Crippen MR) is 115 cm³/mol. The Morgan fingerprint density at radius 1 is 1.24 bits per heavy atom. The van der Waals surface area contributed by atoms with E-state index in [9.17, 15) is 4.39 Å². The largest absolute Gasteiger partial charge is 0.355 e. The van der Waals surface area contributed by atoms with Crippen molar-refractivity contribution in [3.05, 3.63) is 70.2 Å². The standard InChI is InChI=1S/C21H27FN6S/c1-3-18(19-6-5-13-29-19)26-21(24-14-16-7-9-17(22)10-8-16)23-11-12-28-15-25-27-20(28)4-2/h5-10,13,15,18H,3-4,11-12,14H2,1-2H3,(H2,23,24,26). The van der Waals surface area contributed by atoms with Crippen molar-refractivity contribution in [3.8, 4) is 0 Å². The van der Waals surface area contributed by atoms with Gasteiger partial charge in [0.2, 0.25) is 0 Å². The summed E-state index contributed by atoms with van der Waals surface area (Å²) in [6.07, 6.45) is 3.55. The van der Waals surface area contributed by atoms with E-state index in [0.717, 1.165) is 36.7 Å². The van der Waals surface area contributed by atoms with Gasteiger partial charge in [-0.3, -0.25) is 0 Å². The number of hydrogen-bond acceptors (Lipinski definition) is 4. The minimum atomic E-state index is -0.237. The molecule has 0 spiro atoms. The van der Waals surface area contributed by atoms with Gasteiger partial charge in [0.15, 0.2) is 5.96 Å². The molecule has 2 N–H and O–H groups in total. The second-order valence-corrected chi connectivity index (χ2v) is 7.61. The fraction of sp³-hybridized carbons (Fsp3) is 0.381. The van der Waals surface area contributed by atoms with E-state index in [-0.39, 0.29) is 11.9 Å². The second kappa shape index (κ2) is 10.7. The lowest BCUT2D eigenvalue weighted by Gasteiger charge is -2.20. The highest BCUT2D eigenvalue weighted by atomic mass is 32.1. The van der Waals surface area contributed by atoms with E-state index in [4.69, 9.17) is 4.99 Å². The van der Waals surface area contributed by atoms with Gasteiger partial charge in [-0.2, -0.15) is 0 Å². The first-order valence-corrected chi connectivity index (χ1v) is 10.8. The van der Waals surface area contributed by atoms with Gasteiger partial charge in [0.05, 0.1) is 12.6 Å². The van der Waals surface area contributed by atoms with Crippen molar-refractivity contribution in [3.63, 3.8) is 0 Å². The molecule has 6 nitrogen and oxygen atoms in total. The lowest BCUT2D eigenvalue weighted by Crippen LogP contribution is -2.40. The molecule has 0 amide bonds. The molecule has 154 valence electrons. The van der Waals surface area contributed by atoms with Gasteiger partial charge in [-0.1, -0.05) is 32.0 Å². The van der Waals surface area contributed by atoms with Gasteiger partial charge >= 0.3 is 0 Å². The van der Waals surface area contributed by atoms with E-state index < -0.39 is 0 Å². The van der Waals surface area contributed by atoms with Crippen LogP contribution in [0.5, 0.6) is 0 Å². The Balaban J connectivity index is 1.67. The summed E-state index contributed by atoms with van der Waals surface area (Å²) in [5.41, 5.74) is 0.962. The molecule has 29 heavy (non-hydrogen) atoms. The Hall–Kier alpha value is -2.74. The monoisotopic (exact) mass is 414 g/mol. The number of rotatable bonds is 9. The number of benzene rings is 1. The summed E-state index contributed by atoms with van der Waals surface area (Å²) in [6, 6.07) is 10.8. The molecule has 0 fully saturated rings. The van der Waals surface area contributed by atoms with Crippen molar-refractivity contribution < 1.29 is 4.39 Å². The minimum Gasteiger partial charge on any atom is -0.355 e. The van der Waals surface area contributed by atoms with E-state index in [0.29, 0.717) is 13.1 Å². The zero-order chi connectivity index (χ0) is 20.5. The van der Waals surface area contributed by atoms with Crippen molar-refractivity contribution in [1.29, 1.82) is 0 Å². The SMILES string of the molecule is CCc1nncn1CCNC(=NCc1ccc(F)cc1)NC(CC)c1cccs1. The first-order chi connectivity index (χ1) is 14.2. The lowest BCUT2D eigenvalue weighted by atomic mass is 10.2. The van der Waals surface area contributed by atoms with Crippen molar-refractivity contribution in [2.75, 3.05) is 6.54 Å². The number of aryl methyl sites for hydroxylation is 1. The lowest BCUT2D eigenvalue weighted by molar-refractivity contribution is 0.595. The zero-order valence-corrected chi connectivity index (χ0v) is 17.6. The van der Waals surface area contributed by atoms with Gasteiger partial charge in [-0.25, -0.2) is 9.38 Å². The number of guanidine groups is 1. The molecule has 1 atom stereocenters. The Morgan fingerprint density at radius 3 is 2.76 bits per heavy atom. The second-order valence-electron chi connectivity index (χ2n) is 6.63. The summed E-state index contributed by atoms with van der Waals surface area (Å²) in [6.45, 7) is 6.14. The van der Waals surface area contributed by atoms with Crippen molar-refractivity contribution >= 4 is 17.3 Å². The first kappa shape index (κ1) is 21.0. The quantitative estimate of drug-likeness (QED) is 0.411. The maximum Gasteiger partial charge on any atom is 0.192 e. The molecule has 0 aliphatic carbocycles. The Kier molecular flexibility index (Phi) is 7.75. The van der Waals surface area contributed by atoms with E-state index >= 15 is 0 Å². The van der Waals surface area contributed by atoms with Crippen LogP contribution in [0.25, 0.3) is 0 Å². The van der Waals surface area contributed by atoms with Crippen molar-refractivity contribution in [2.24, 2.45) is 4.99 Å². The van der Waals surface area contributed by atoms with Gasteiger partial charge in [-0.15, -0.1) is 21.5 Å². The maximum absolute atomic E-state index is 13.2. The molecular formula is C21H27FN6S. The molecule has 1 aromatic carbocycles. The van der Waals surface area contributed by atoms with E-state index in [2.05, 4.69) is 52.2 Å². The molecule has 0 aliphatic heterocycles. The molecular weight excluding hydrogens is 387 g/mol. The van der Waals surface area contributed by atoms with Crippen molar-refractivity contribution in [1.82, 2.24) is 25.4 Å². The summed E-state index contributed by atoms with van der Waals surface area (Å²) in [7, 11) is 0. The Morgan fingerprint density at radius 2 is 2.07 bits per heavy atom. The molecule has 1 unspecified atom stereocenters. The third kappa shape index (κ3) is 6.12. The number of nitrogens with one attached hydrogen (secondary N) is 2. The fourth-order valence-electron chi connectivity index (χ4n) is 2.98. The van der Waals surface area contributed by atoms with Gasteiger partial charge in [0.25, 0.3) is 0 Å². The highest BCUT2D eigenvalue weighted by Crippen LogP contribution is 2.21. The number of hydrogen-bond donors (Lipinski definition) is 2. The van der Waals surface area contributed by atoms with Gasteiger partial charge in [0.1, 0.15) is 18.0 Å². The maximum atomic E-state index is 13.2. The normalized spacial score (nSPS) is 12.7. The number of aliphatic imine (C=N–C) groups is 1. The van der Waals surface area contributed by atoms with Crippen LogP contribution in [0.3, 0.4) is 0 Å². The Labute approximate surface area is 174 Å². The van der Waals surface area contributed by atoms with Gasteiger partial charge < -0.3 is 15.2 Å². The van der Waals surface area contributed by atoms with E-state index in [1.54, 1.807) is 29.8 Å². The summed E-state index contributed by atoms with van der Waals surface area (Å²) in [4.78, 5) is 5.99. The summed E-state index contributed by atoms with van der Waals surface area (Å²) in [5.74, 6) is 1.47. The van der Waals surface area contributed by atoms with Gasteiger partial charge in [-0.05, 0) is 35.6 Å². The van der Waals surface area contributed by atoms with Crippen LogP contribution in [0.1, 0.15) is 42.6 Å². The molecule has 2 aromatic heterocycles. The van der Waals surface area contributed by atoms with Crippen LogP contribution < -0.4 is 10.6 Å². The van der Waals surface area contributed by atoms with Crippen LogP contribution in [0.4, 0.5) is 4.39 Å². The van der Waals surface area contributed by atoms with Crippen LogP contribution in [-0.4, -0.2) is 27.3 Å². The molecule has 0 radical (unpaired) electrons. The third-order valence-electron chi connectivity index (χ3n) is 4.60. The highest BCUT2D eigenvalue weighted by molar-refractivity contribution is 7.10. The first-order valence-electron chi connectivity index (χ1n) is 9.89. The summed E-state index contributed by atoms with van der Waals surface area (Å²) < 4.78 is 15.2. The molecule has 8 heteroatoms. The van der Waals surface area contributed by atoms with Crippen LogP contribution in [0.2, 0.25) is 0 Å². The predicted octanol–water partition coefficient (Wildman–Crippen LogP) is 3.93. The number of halogens is 1. The van der Waals surface area contributed by atoms with Crippen LogP contribution in [-0.2, 0) is 19.5 Å².